The monoisotopic (exact) mass is 526 g/mol. The number of carboxylic acid groups (broad SMARTS) is 3. The van der Waals surface area contributed by atoms with Crippen LogP contribution in [0.4, 0.5) is 15.3 Å². The fraction of sp³-hybridized carbons (Fsp3) is 0.240. The highest BCUT2D eigenvalue weighted by atomic mass is 16.6. The number of nitrogens with one attached hydrogen (secondary N) is 2. The third-order valence-electron chi connectivity index (χ3n) is 5.37. The highest BCUT2D eigenvalue weighted by molar-refractivity contribution is 5.98. The molecule has 0 saturated heterocycles. The van der Waals surface area contributed by atoms with Crippen molar-refractivity contribution in [2.45, 2.75) is 32.4 Å². The van der Waals surface area contributed by atoms with Gasteiger partial charge in [-0.15, -0.1) is 0 Å². The van der Waals surface area contributed by atoms with Crippen molar-refractivity contribution in [2.75, 3.05) is 11.9 Å². The number of aromatic amines is 1. The molecule has 13 heteroatoms. The van der Waals surface area contributed by atoms with Crippen molar-refractivity contribution in [2.24, 2.45) is 16.5 Å². The average molecular weight is 527 g/mol. The number of aromatic nitrogens is 1. The Balaban J connectivity index is 0.00000118. The number of H-pyrrole nitrogens is 1. The van der Waals surface area contributed by atoms with Crippen LogP contribution in [0.15, 0.2) is 64.4 Å². The van der Waals surface area contributed by atoms with Gasteiger partial charge in [-0.2, -0.15) is 0 Å². The topological polar surface area (TPSA) is 224 Å². The summed E-state index contributed by atoms with van der Waals surface area (Å²) in [6.45, 7) is 2.14. The summed E-state index contributed by atoms with van der Waals surface area (Å²) in [5.41, 5.74) is 13.1. The van der Waals surface area contributed by atoms with Crippen LogP contribution >= 0.6 is 0 Å². The minimum absolute atomic E-state index is 0.0425. The van der Waals surface area contributed by atoms with Crippen molar-refractivity contribution in [3.8, 4) is 0 Å². The summed E-state index contributed by atoms with van der Waals surface area (Å²) >= 11 is 0. The van der Waals surface area contributed by atoms with Gasteiger partial charge in [-0.3, -0.25) is 19.5 Å². The molecular weight excluding hydrogens is 496 g/mol. The number of fused-ring (bicyclic) bond motifs is 1. The molecular formula is C25H30N6O7. The maximum atomic E-state index is 13.3. The van der Waals surface area contributed by atoms with E-state index < -0.39 is 24.2 Å². The molecule has 38 heavy (non-hydrogen) atoms. The van der Waals surface area contributed by atoms with E-state index in [0.717, 1.165) is 21.4 Å². The van der Waals surface area contributed by atoms with Gasteiger partial charge in [0.1, 0.15) is 6.04 Å². The summed E-state index contributed by atoms with van der Waals surface area (Å²) in [7, 11) is 0. The molecule has 1 aromatic heterocycles. The summed E-state index contributed by atoms with van der Waals surface area (Å²) in [6, 6.07) is 14.7. The third-order valence-corrected chi connectivity index (χ3v) is 5.37. The van der Waals surface area contributed by atoms with Gasteiger partial charge in [0, 0.05) is 30.2 Å². The predicted molar refractivity (Wildman–Crippen MR) is 142 cm³/mol. The molecule has 1 unspecified atom stereocenters. The first-order valence-electron chi connectivity index (χ1n) is 11.4. The van der Waals surface area contributed by atoms with Gasteiger partial charge in [0.25, 0.3) is 0 Å². The molecule has 2 amide bonds. The molecule has 1 atom stereocenters. The highest BCUT2D eigenvalue weighted by Crippen LogP contribution is 2.21. The van der Waals surface area contributed by atoms with Gasteiger partial charge < -0.3 is 37.1 Å². The number of hydrogen-bond donors (Lipinski definition) is 7. The second kappa shape index (κ2) is 13.9. The number of nitrogens with two attached hydrogens (primary N) is 2. The number of amides is 2. The smallest absolute Gasteiger partial charge is 0.465 e. The molecule has 0 aliphatic rings. The first kappa shape index (κ1) is 29.2. The van der Waals surface area contributed by atoms with Crippen molar-refractivity contribution in [1.29, 1.82) is 0 Å². The van der Waals surface area contributed by atoms with Crippen LogP contribution in [0, 0.1) is 6.92 Å². The van der Waals surface area contributed by atoms with Gasteiger partial charge in [0.2, 0.25) is 11.5 Å². The standard InChI is InChI=1S/C24H28N6O4.CH2O3/c1-15-12-21(31)29-19-13-17(9-10-18(15)19)28-22(32)20(8-5-11-27-23(25)26)30(24(33)34)14-16-6-3-2-4-7-16;2-1(3)4/h2-4,6-7,9-10,12-13,20H,5,8,11,14H2,1H3,(H,28,32)(H,29,31)(H,33,34)(H4,25,26,27);(H2,2,3,4). The average Bonchev–Trinajstić information content (AvgIpc) is 2.82. The molecule has 0 fully saturated rings. The number of benzene rings is 2. The van der Waals surface area contributed by atoms with Gasteiger partial charge in [-0.1, -0.05) is 36.4 Å². The van der Waals surface area contributed by atoms with E-state index in [1.54, 1.807) is 42.5 Å². The lowest BCUT2D eigenvalue weighted by molar-refractivity contribution is -0.121. The number of hydrogen-bond acceptors (Lipinski definition) is 5. The molecule has 3 aromatic rings. The van der Waals surface area contributed by atoms with Crippen LogP contribution < -0.4 is 22.3 Å². The molecule has 0 saturated carbocycles. The Labute approximate surface area is 217 Å². The van der Waals surface area contributed by atoms with Crippen LogP contribution in [0.2, 0.25) is 0 Å². The summed E-state index contributed by atoms with van der Waals surface area (Å²) < 4.78 is 0. The Morgan fingerprint density at radius 3 is 2.32 bits per heavy atom. The molecule has 0 aliphatic carbocycles. The zero-order chi connectivity index (χ0) is 28.2. The lowest BCUT2D eigenvalue weighted by Gasteiger charge is -2.28. The van der Waals surface area contributed by atoms with Crippen LogP contribution in [0.3, 0.4) is 0 Å². The van der Waals surface area contributed by atoms with Crippen molar-refractivity contribution in [1.82, 2.24) is 9.88 Å². The molecule has 3 rings (SSSR count). The second-order valence-corrected chi connectivity index (χ2v) is 8.21. The number of aliphatic imine (C=N–C) groups is 1. The Kier molecular flexibility index (Phi) is 10.6. The number of anilines is 1. The second-order valence-electron chi connectivity index (χ2n) is 8.21. The van der Waals surface area contributed by atoms with E-state index in [1.165, 1.54) is 6.07 Å². The van der Waals surface area contributed by atoms with Crippen molar-refractivity contribution >= 4 is 40.7 Å². The molecule has 0 radical (unpaired) electrons. The summed E-state index contributed by atoms with van der Waals surface area (Å²) in [5, 5.41) is 27.5. The lowest BCUT2D eigenvalue weighted by atomic mass is 10.1. The maximum Gasteiger partial charge on any atom is 0.503 e. The van der Waals surface area contributed by atoms with E-state index in [-0.39, 0.29) is 31.0 Å². The van der Waals surface area contributed by atoms with Crippen LogP contribution in [0.1, 0.15) is 24.0 Å². The molecule has 1 heterocycles. The van der Waals surface area contributed by atoms with Gasteiger partial charge in [-0.05, 0) is 43.0 Å². The van der Waals surface area contributed by atoms with E-state index in [4.69, 9.17) is 26.5 Å². The highest BCUT2D eigenvalue weighted by Gasteiger charge is 2.29. The molecule has 0 bridgehead atoms. The number of rotatable bonds is 9. The zero-order valence-corrected chi connectivity index (χ0v) is 20.6. The quantitative estimate of drug-likeness (QED) is 0.123. The normalized spacial score (nSPS) is 11.0. The van der Waals surface area contributed by atoms with E-state index in [0.29, 0.717) is 17.6 Å². The van der Waals surface area contributed by atoms with Crippen LogP contribution in [0.5, 0.6) is 0 Å². The summed E-state index contributed by atoms with van der Waals surface area (Å²) in [5.74, 6) is -0.557. The Morgan fingerprint density at radius 2 is 1.71 bits per heavy atom. The molecule has 2 aromatic carbocycles. The Bertz CT molecular complexity index is 1350. The zero-order valence-electron chi connectivity index (χ0n) is 20.6. The molecule has 13 nitrogen and oxygen atoms in total. The Morgan fingerprint density at radius 1 is 1.05 bits per heavy atom. The van der Waals surface area contributed by atoms with Gasteiger partial charge in [0.15, 0.2) is 5.96 Å². The van der Waals surface area contributed by atoms with Crippen LogP contribution in [0.25, 0.3) is 10.9 Å². The van der Waals surface area contributed by atoms with Crippen molar-refractivity contribution in [3.63, 3.8) is 0 Å². The van der Waals surface area contributed by atoms with E-state index >= 15 is 0 Å². The number of carbonyl (C=O) groups excluding carboxylic acids is 1. The fourth-order valence-corrected chi connectivity index (χ4v) is 3.75. The minimum Gasteiger partial charge on any atom is -0.465 e. The van der Waals surface area contributed by atoms with E-state index in [1.807, 2.05) is 13.0 Å². The largest absolute Gasteiger partial charge is 0.503 e. The Hall–Kier alpha value is -5.07. The third kappa shape index (κ3) is 9.18. The van der Waals surface area contributed by atoms with Gasteiger partial charge in [-0.25, -0.2) is 9.59 Å². The summed E-state index contributed by atoms with van der Waals surface area (Å²) in [6.07, 6.45) is -2.44. The number of pyridine rings is 1. The fourth-order valence-electron chi connectivity index (χ4n) is 3.75. The molecule has 0 spiro atoms. The van der Waals surface area contributed by atoms with E-state index in [9.17, 15) is 19.5 Å². The SMILES string of the molecule is Cc1cc(=O)[nH]c2cc(NC(=O)C(CCCN=C(N)N)N(Cc3ccccc3)C(=O)O)ccc12.O=C(O)O. The van der Waals surface area contributed by atoms with Crippen molar-refractivity contribution in [3.05, 3.63) is 76.1 Å². The van der Waals surface area contributed by atoms with Crippen LogP contribution in [-0.2, 0) is 11.3 Å². The lowest BCUT2D eigenvalue weighted by Crippen LogP contribution is -2.46. The number of aryl methyl sites for hydroxylation is 1. The molecule has 0 aliphatic heterocycles. The van der Waals surface area contributed by atoms with Crippen molar-refractivity contribution < 1.29 is 29.7 Å². The summed E-state index contributed by atoms with van der Waals surface area (Å²) in [4.78, 5) is 53.6. The number of nitrogens with zero attached hydrogens (tertiary/aromatic N) is 2. The molecule has 202 valence electrons. The maximum absolute atomic E-state index is 13.3. The predicted octanol–water partition coefficient (Wildman–Crippen LogP) is 2.60. The van der Waals surface area contributed by atoms with Crippen LogP contribution in [-0.4, -0.2) is 61.9 Å². The number of guanidine groups is 1. The number of carbonyl (C=O) groups is 3. The molecule has 9 N–H and O–H groups in total. The first-order chi connectivity index (χ1) is 18.0. The van der Waals surface area contributed by atoms with E-state index in [2.05, 4.69) is 15.3 Å². The van der Waals surface area contributed by atoms with Gasteiger partial charge >= 0.3 is 12.2 Å². The van der Waals surface area contributed by atoms with Gasteiger partial charge in [0.05, 0.1) is 5.52 Å². The first-order valence-corrected chi connectivity index (χ1v) is 11.4. The minimum atomic E-state index is -1.83.